The Morgan fingerprint density at radius 2 is 1.27 bits per heavy atom. The summed E-state index contributed by atoms with van der Waals surface area (Å²) < 4.78 is 308. The third-order valence-corrected chi connectivity index (χ3v) is 13.6. The number of ether oxygens (including phenoxy) is 3. The number of nitro benzene ring substituents is 1. The molecule has 0 spiro atoms. The molecule has 0 N–H and O–H groups in total. The number of aryl methyl sites for hydroxylation is 1. The highest BCUT2D eigenvalue weighted by atomic mass is 32.2. The fraction of sp³-hybridized carbons (Fsp3) is 0.543. The van der Waals surface area contributed by atoms with E-state index in [0.29, 0.717) is 5.56 Å². The highest BCUT2D eigenvalue weighted by Crippen LogP contribution is 2.64. The van der Waals surface area contributed by atoms with Crippen LogP contribution >= 0.6 is 0 Å². The molecule has 2 aliphatic heterocycles. The Morgan fingerprint density at radius 1 is 0.773 bits per heavy atom. The van der Waals surface area contributed by atoms with Crippen LogP contribution in [0.5, 0.6) is 0 Å². The van der Waals surface area contributed by atoms with Crippen LogP contribution < -0.4 is 0 Å². The van der Waals surface area contributed by atoms with Crippen LogP contribution in [0.15, 0.2) is 82.1 Å². The summed E-state index contributed by atoms with van der Waals surface area (Å²) in [6.45, 7) is -3.26. The zero-order valence-electron chi connectivity index (χ0n) is 33.1. The Balaban J connectivity index is 1.60. The molecule has 2 aliphatic rings. The number of rotatable bonds is 20. The molecule has 0 amide bonds. The second-order valence-electron chi connectivity index (χ2n) is 14.4. The number of nitrogens with zero attached hydrogens (tertiary/aromatic N) is 3. The van der Waals surface area contributed by atoms with Gasteiger partial charge in [0.25, 0.3) is 5.69 Å². The predicted octanol–water partition coefficient (Wildman–Crippen LogP) is 8.24. The maximum absolute atomic E-state index is 15.0. The van der Waals surface area contributed by atoms with Crippen LogP contribution in [0.4, 0.5) is 80.3 Å². The highest BCUT2D eigenvalue weighted by molar-refractivity contribution is 7.89. The van der Waals surface area contributed by atoms with Crippen molar-refractivity contribution in [3.63, 3.8) is 0 Å². The largest absolute Gasteiger partial charge is 0.460 e. The molecule has 0 saturated heterocycles. The number of hydrogen-bond donors (Lipinski definition) is 0. The minimum atomic E-state index is -8.84. The minimum Gasteiger partial charge on any atom is -0.364 e. The lowest BCUT2D eigenvalue weighted by Crippen LogP contribution is -2.74. The predicted molar refractivity (Wildman–Crippen MR) is 190 cm³/mol. The Bertz CT molecular complexity index is 2370. The summed E-state index contributed by atoms with van der Waals surface area (Å²) in [7, 11) is -8.54. The van der Waals surface area contributed by atoms with Gasteiger partial charge >= 0.3 is 47.6 Å². The number of non-ortho nitro benzene ring substituents is 1. The lowest BCUT2D eigenvalue weighted by Gasteiger charge is -2.43. The molecule has 0 unspecified atom stereocenters. The molecule has 2 aromatic carbocycles. The van der Waals surface area contributed by atoms with Gasteiger partial charge in [0.2, 0.25) is 20.0 Å². The molecule has 0 radical (unpaired) electrons. The lowest BCUT2D eigenvalue weighted by molar-refractivity contribution is -0.461. The first-order valence-electron chi connectivity index (χ1n) is 18.0. The summed E-state index contributed by atoms with van der Waals surface area (Å²) in [5, 5.41) is 11.0. The number of hydrogen-bond acceptors (Lipinski definition) is 9. The SMILES string of the molecule is CO[C@@H](O[C@H]1C=CCN(S(=O)(=O)c2ccc([N+](=O)[O-])cc2)C1)[C@H]1C=C(CN(CCC(F)(F)C(F)(F)C(F)(F)C(F)(F)C(F)(F)C(F)(F)C(F)(F)C(F)(F)F)S(=O)(=O)c2ccc(C)cc2)CO1. The molecule has 3 atom stereocenters. The third kappa shape index (κ3) is 9.74. The number of benzene rings is 2. The highest BCUT2D eigenvalue weighted by Gasteiger charge is 2.95. The van der Waals surface area contributed by atoms with E-state index < -0.39 is 134 Å². The summed E-state index contributed by atoms with van der Waals surface area (Å²) in [6, 6.07) is 7.69. The molecular weight excluding hydrogens is 993 g/mol. The Kier molecular flexibility index (Phi) is 15.2. The monoisotopic (exact) mass is 1030 g/mol. The van der Waals surface area contributed by atoms with Crippen molar-refractivity contribution in [3.8, 4) is 0 Å². The Morgan fingerprint density at radius 3 is 1.77 bits per heavy atom. The standard InChI is InChI=1S/C35H32F17N3O9S2/c1-20-5-9-24(10-6-20)66(60,61)54(15-13-28(36,37)29(38,39)30(40,41)31(42,43)32(44,45)33(46,47)34(48,49)35(50,51)52)17-21-16-26(63-19-21)27(62-2)64-23-4-3-14-53(18-23)65(58,59)25-11-7-22(8-12-25)55(56)57/h3-12,16,23,26-27H,13-15,17-19H2,1-2H3/t23-,26+,27-/m0/s1. The smallest absolute Gasteiger partial charge is 0.364 e. The van der Waals surface area contributed by atoms with Gasteiger partial charge in [-0.15, -0.1) is 0 Å². The van der Waals surface area contributed by atoms with Crippen molar-refractivity contribution in [3.05, 3.63) is 88.0 Å². The summed E-state index contributed by atoms with van der Waals surface area (Å²) in [6.07, 6.45) is -11.3. The number of alkyl halides is 17. The van der Waals surface area contributed by atoms with Crippen LogP contribution in [0.1, 0.15) is 12.0 Å². The molecule has 0 aromatic heterocycles. The molecule has 0 fully saturated rings. The van der Waals surface area contributed by atoms with Crippen LogP contribution in [0.3, 0.4) is 0 Å². The average Bonchev–Trinajstić information content (AvgIpc) is 3.69. The van der Waals surface area contributed by atoms with E-state index in [2.05, 4.69) is 0 Å². The fourth-order valence-corrected chi connectivity index (χ4v) is 8.90. The van der Waals surface area contributed by atoms with Gasteiger partial charge in [-0.3, -0.25) is 10.1 Å². The molecule has 2 aromatic rings. The average molecular weight is 1030 g/mol. The topological polar surface area (TPSA) is 146 Å². The van der Waals surface area contributed by atoms with E-state index >= 15 is 8.78 Å². The molecule has 0 bridgehead atoms. The maximum Gasteiger partial charge on any atom is 0.460 e. The van der Waals surface area contributed by atoms with Gasteiger partial charge in [0.1, 0.15) is 6.10 Å². The number of halogens is 17. The van der Waals surface area contributed by atoms with Crippen molar-refractivity contribution in [2.75, 3.05) is 39.9 Å². The van der Waals surface area contributed by atoms with Crippen molar-refractivity contribution < 1.29 is 111 Å². The van der Waals surface area contributed by atoms with E-state index in [1.54, 1.807) is 0 Å². The van der Waals surface area contributed by atoms with E-state index in [1.807, 2.05) is 0 Å². The van der Waals surface area contributed by atoms with Crippen LogP contribution in [-0.4, -0.2) is 136 Å². The Labute approximate surface area is 361 Å². The third-order valence-electron chi connectivity index (χ3n) is 9.90. The zero-order chi connectivity index (χ0) is 50.5. The summed E-state index contributed by atoms with van der Waals surface area (Å²) in [5.74, 6) is -58.2. The van der Waals surface area contributed by atoms with E-state index in [-0.39, 0.29) is 21.3 Å². The minimum absolute atomic E-state index is 0.157. The number of methoxy groups -OCH3 is 1. The summed E-state index contributed by atoms with van der Waals surface area (Å²) in [4.78, 5) is 9.04. The molecular formula is C35H32F17N3O9S2. The molecule has 2 heterocycles. The second kappa shape index (κ2) is 18.4. The first kappa shape index (κ1) is 54.4. The molecule has 4 rings (SSSR count). The van der Waals surface area contributed by atoms with E-state index in [0.717, 1.165) is 66.0 Å². The molecule has 0 saturated carbocycles. The van der Waals surface area contributed by atoms with E-state index in [4.69, 9.17) is 14.2 Å². The van der Waals surface area contributed by atoms with Crippen molar-refractivity contribution >= 4 is 25.7 Å². The molecule has 372 valence electrons. The van der Waals surface area contributed by atoms with Crippen molar-refractivity contribution in [2.45, 2.75) is 89.3 Å². The van der Waals surface area contributed by atoms with Gasteiger partial charge in [0.15, 0.2) is 6.29 Å². The number of nitro groups is 1. The second-order valence-corrected chi connectivity index (χ2v) is 18.3. The van der Waals surface area contributed by atoms with Gasteiger partial charge in [-0.2, -0.15) is 83.2 Å². The molecule has 12 nitrogen and oxygen atoms in total. The van der Waals surface area contributed by atoms with Crippen LogP contribution in [0.2, 0.25) is 0 Å². The van der Waals surface area contributed by atoms with E-state index in [1.165, 1.54) is 19.1 Å². The normalized spacial score (nSPS) is 19.6. The number of sulfonamides is 2. The Hall–Kier alpha value is -4.17. The van der Waals surface area contributed by atoms with Gasteiger partial charge in [0.05, 0.1) is 27.4 Å². The van der Waals surface area contributed by atoms with Crippen molar-refractivity contribution in [1.29, 1.82) is 0 Å². The zero-order valence-corrected chi connectivity index (χ0v) is 34.7. The quantitative estimate of drug-likeness (QED) is 0.0421. The van der Waals surface area contributed by atoms with Gasteiger partial charge in [0, 0.05) is 51.8 Å². The molecule has 66 heavy (non-hydrogen) atoms. The van der Waals surface area contributed by atoms with Crippen LogP contribution in [-0.2, 0) is 34.3 Å². The summed E-state index contributed by atoms with van der Waals surface area (Å²) >= 11 is 0. The molecule has 31 heteroatoms. The van der Waals surface area contributed by atoms with Gasteiger partial charge in [-0.1, -0.05) is 29.8 Å². The first-order chi connectivity index (χ1) is 29.8. The van der Waals surface area contributed by atoms with Gasteiger partial charge in [-0.25, -0.2) is 16.8 Å². The molecule has 0 aliphatic carbocycles. The van der Waals surface area contributed by atoms with Gasteiger partial charge < -0.3 is 14.2 Å². The lowest BCUT2D eigenvalue weighted by atomic mass is 9.88. The van der Waals surface area contributed by atoms with Crippen molar-refractivity contribution in [2.24, 2.45) is 0 Å². The fourth-order valence-electron chi connectivity index (χ4n) is 6.06. The maximum atomic E-state index is 15.0. The van der Waals surface area contributed by atoms with Crippen LogP contribution in [0.25, 0.3) is 0 Å². The van der Waals surface area contributed by atoms with Crippen molar-refractivity contribution in [1.82, 2.24) is 8.61 Å². The summed E-state index contributed by atoms with van der Waals surface area (Å²) in [5.41, 5.74) is -0.333. The first-order valence-corrected chi connectivity index (χ1v) is 20.9. The van der Waals surface area contributed by atoms with Gasteiger partial charge in [-0.05, 0) is 42.8 Å². The van der Waals surface area contributed by atoms with Crippen LogP contribution in [0, 0.1) is 17.0 Å². The van der Waals surface area contributed by atoms with E-state index in [9.17, 15) is 92.8 Å².